The third-order valence-corrected chi connectivity index (χ3v) is 4.14. The van der Waals surface area contributed by atoms with Gasteiger partial charge in [-0.2, -0.15) is 5.26 Å². The van der Waals surface area contributed by atoms with Crippen molar-refractivity contribution in [1.82, 2.24) is 5.32 Å². The van der Waals surface area contributed by atoms with Crippen LogP contribution in [0.5, 0.6) is 0 Å². The van der Waals surface area contributed by atoms with Crippen molar-refractivity contribution in [2.24, 2.45) is 11.3 Å². The first-order valence-corrected chi connectivity index (χ1v) is 6.18. The van der Waals surface area contributed by atoms with E-state index in [1.165, 1.54) is 0 Å². The Hall–Kier alpha value is -2.09. The standard InChI is InChI=1S/C14H16N2O3/c1-9-4-3-5-10(13(9,2)12(18)19)11(17)16-14(8-15)6-7-14/h3-5,10H,6-7H2,1-2H3,(H,16,17)(H,18,19). The van der Waals surface area contributed by atoms with Crippen LogP contribution in [0.4, 0.5) is 0 Å². The molecule has 2 aliphatic rings. The Labute approximate surface area is 111 Å². The molecule has 5 heteroatoms. The molecule has 1 saturated carbocycles. The fourth-order valence-corrected chi connectivity index (χ4v) is 2.28. The fraction of sp³-hybridized carbons (Fsp3) is 0.500. The van der Waals surface area contributed by atoms with Crippen molar-refractivity contribution in [3.05, 3.63) is 23.8 Å². The van der Waals surface area contributed by atoms with Crippen molar-refractivity contribution >= 4 is 11.9 Å². The Morgan fingerprint density at radius 2 is 2.16 bits per heavy atom. The van der Waals surface area contributed by atoms with E-state index < -0.39 is 28.7 Å². The van der Waals surface area contributed by atoms with E-state index in [4.69, 9.17) is 5.26 Å². The molecule has 2 N–H and O–H groups in total. The lowest BCUT2D eigenvalue weighted by atomic mass is 9.69. The second-order valence-corrected chi connectivity index (χ2v) is 5.40. The third-order valence-electron chi connectivity index (χ3n) is 4.14. The number of hydrogen-bond donors (Lipinski definition) is 2. The average Bonchev–Trinajstić information content (AvgIpc) is 3.12. The quantitative estimate of drug-likeness (QED) is 0.802. The van der Waals surface area contributed by atoms with Gasteiger partial charge in [0.1, 0.15) is 11.0 Å². The molecular weight excluding hydrogens is 244 g/mol. The first-order chi connectivity index (χ1) is 8.85. The Balaban J connectivity index is 2.26. The van der Waals surface area contributed by atoms with Gasteiger partial charge in [0.15, 0.2) is 0 Å². The van der Waals surface area contributed by atoms with Crippen LogP contribution in [0, 0.1) is 22.7 Å². The summed E-state index contributed by atoms with van der Waals surface area (Å²) in [6.07, 6.45) is 6.24. The van der Waals surface area contributed by atoms with Gasteiger partial charge >= 0.3 is 5.97 Å². The maximum absolute atomic E-state index is 12.3. The Kier molecular flexibility index (Phi) is 2.97. The minimum absolute atomic E-state index is 0.396. The Bertz CT molecular complexity index is 537. The molecule has 1 amide bonds. The first-order valence-electron chi connectivity index (χ1n) is 6.18. The summed E-state index contributed by atoms with van der Waals surface area (Å²) in [4.78, 5) is 23.8. The van der Waals surface area contributed by atoms with E-state index in [0.717, 1.165) is 0 Å². The highest BCUT2D eigenvalue weighted by Crippen LogP contribution is 2.41. The predicted molar refractivity (Wildman–Crippen MR) is 67.9 cm³/mol. The van der Waals surface area contributed by atoms with Crippen molar-refractivity contribution in [3.63, 3.8) is 0 Å². The second kappa shape index (κ2) is 4.23. The van der Waals surface area contributed by atoms with Crippen molar-refractivity contribution in [1.29, 1.82) is 5.26 Å². The molecule has 2 unspecified atom stereocenters. The topological polar surface area (TPSA) is 90.2 Å². The Morgan fingerprint density at radius 1 is 1.53 bits per heavy atom. The van der Waals surface area contributed by atoms with Crippen LogP contribution in [0.2, 0.25) is 0 Å². The van der Waals surface area contributed by atoms with Crippen LogP contribution < -0.4 is 5.32 Å². The minimum atomic E-state index is -1.26. The zero-order valence-electron chi connectivity index (χ0n) is 10.9. The van der Waals surface area contributed by atoms with Crippen molar-refractivity contribution < 1.29 is 14.7 Å². The van der Waals surface area contributed by atoms with Gasteiger partial charge in [-0.05, 0) is 26.7 Å². The van der Waals surface area contributed by atoms with Gasteiger partial charge in [-0.1, -0.05) is 23.8 Å². The number of allylic oxidation sites excluding steroid dienone is 2. The van der Waals surface area contributed by atoms with E-state index >= 15 is 0 Å². The molecule has 2 rings (SSSR count). The van der Waals surface area contributed by atoms with E-state index in [1.54, 1.807) is 32.1 Å². The minimum Gasteiger partial charge on any atom is -0.481 e. The number of carboxylic acid groups (broad SMARTS) is 1. The molecule has 5 nitrogen and oxygen atoms in total. The van der Waals surface area contributed by atoms with Crippen LogP contribution in [0.25, 0.3) is 0 Å². The molecule has 1 fully saturated rings. The van der Waals surface area contributed by atoms with Crippen LogP contribution in [0.1, 0.15) is 26.7 Å². The number of aliphatic carboxylic acids is 1. The summed E-state index contributed by atoms with van der Waals surface area (Å²) in [5, 5.41) is 21.1. The number of carbonyl (C=O) groups excluding carboxylic acids is 1. The highest BCUT2D eigenvalue weighted by molar-refractivity contribution is 5.92. The summed E-state index contributed by atoms with van der Waals surface area (Å²) in [7, 11) is 0. The number of amides is 1. The summed E-state index contributed by atoms with van der Waals surface area (Å²) in [5.74, 6) is -2.22. The molecule has 0 saturated heterocycles. The van der Waals surface area contributed by atoms with Crippen LogP contribution in [-0.4, -0.2) is 22.5 Å². The van der Waals surface area contributed by atoms with Crippen LogP contribution in [0.15, 0.2) is 23.8 Å². The van der Waals surface area contributed by atoms with Gasteiger partial charge in [-0.3, -0.25) is 9.59 Å². The van der Waals surface area contributed by atoms with Gasteiger partial charge in [0, 0.05) is 0 Å². The average molecular weight is 260 g/mol. The molecule has 0 aliphatic heterocycles. The van der Waals surface area contributed by atoms with E-state index in [1.807, 2.05) is 0 Å². The lowest BCUT2D eigenvalue weighted by molar-refractivity contribution is -0.151. The van der Waals surface area contributed by atoms with Gasteiger partial charge in [0.05, 0.1) is 12.0 Å². The summed E-state index contributed by atoms with van der Waals surface area (Å²) < 4.78 is 0. The lowest BCUT2D eigenvalue weighted by Gasteiger charge is -2.34. The zero-order valence-corrected chi connectivity index (χ0v) is 10.9. The maximum atomic E-state index is 12.3. The third kappa shape index (κ3) is 2.03. The highest BCUT2D eigenvalue weighted by Gasteiger charge is 2.51. The van der Waals surface area contributed by atoms with E-state index in [2.05, 4.69) is 11.4 Å². The van der Waals surface area contributed by atoms with Crippen LogP contribution >= 0.6 is 0 Å². The number of nitrogens with zero attached hydrogens (tertiary/aromatic N) is 1. The van der Waals surface area contributed by atoms with Gasteiger partial charge in [0.25, 0.3) is 0 Å². The van der Waals surface area contributed by atoms with E-state index in [9.17, 15) is 14.7 Å². The first kappa shape index (κ1) is 13.3. The second-order valence-electron chi connectivity index (χ2n) is 5.40. The molecule has 100 valence electrons. The van der Waals surface area contributed by atoms with Crippen LogP contribution in [-0.2, 0) is 9.59 Å². The molecule has 0 bridgehead atoms. The van der Waals surface area contributed by atoms with Crippen molar-refractivity contribution in [2.45, 2.75) is 32.2 Å². The monoisotopic (exact) mass is 260 g/mol. The van der Waals surface area contributed by atoms with E-state index in [-0.39, 0.29) is 0 Å². The normalized spacial score (nSPS) is 31.0. The molecule has 0 aromatic rings. The number of carbonyl (C=O) groups is 2. The maximum Gasteiger partial charge on any atom is 0.314 e. The molecule has 0 radical (unpaired) electrons. The van der Waals surface area contributed by atoms with E-state index in [0.29, 0.717) is 18.4 Å². The number of nitrogens with one attached hydrogen (secondary N) is 1. The largest absolute Gasteiger partial charge is 0.481 e. The molecule has 0 aromatic carbocycles. The predicted octanol–water partition coefficient (Wildman–Crippen LogP) is 1.38. The van der Waals surface area contributed by atoms with Crippen molar-refractivity contribution in [2.75, 3.05) is 0 Å². The fourth-order valence-electron chi connectivity index (χ4n) is 2.28. The molecule has 0 heterocycles. The van der Waals surface area contributed by atoms with Crippen molar-refractivity contribution in [3.8, 4) is 6.07 Å². The highest BCUT2D eigenvalue weighted by atomic mass is 16.4. The summed E-state index contributed by atoms with van der Waals surface area (Å²) in [5.41, 5.74) is -1.41. The number of carboxylic acids is 1. The zero-order chi connectivity index (χ0) is 14.3. The molecule has 0 spiro atoms. The number of hydrogen-bond acceptors (Lipinski definition) is 3. The lowest BCUT2D eigenvalue weighted by Crippen LogP contribution is -2.48. The molecule has 2 aliphatic carbocycles. The smallest absolute Gasteiger partial charge is 0.314 e. The van der Waals surface area contributed by atoms with Crippen LogP contribution in [0.3, 0.4) is 0 Å². The SMILES string of the molecule is CC1=CC=CC(C(=O)NC2(C#N)CC2)C1(C)C(=O)O. The van der Waals surface area contributed by atoms with Gasteiger partial charge < -0.3 is 10.4 Å². The summed E-state index contributed by atoms with van der Waals surface area (Å²) in [6, 6.07) is 2.07. The molecule has 19 heavy (non-hydrogen) atoms. The number of rotatable bonds is 3. The molecule has 2 atom stereocenters. The molecule has 0 aromatic heterocycles. The number of nitriles is 1. The van der Waals surface area contributed by atoms with Gasteiger partial charge in [0.2, 0.25) is 5.91 Å². The summed E-state index contributed by atoms with van der Waals surface area (Å²) in [6.45, 7) is 3.25. The molecular formula is C14H16N2O3. The van der Waals surface area contributed by atoms with Gasteiger partial charge in [-0.15, -0.1) is 0 Å². The van der Waals surface area contributed by atoms with Gasteiger partial charge in [-0.25, -0.2) is 0 Å². The summed E-state index contributed by atoms with van der Waals surface area (Å²) >= 11 is 0. The Morgan fingerprint density at radius 3 is 2.63 bits per heavy atom.